The van der Waals surface area contributed by atoms with Crippen LogP contribution in [0, 0.1) is 19.3 Å². The highest BCUT2D eigenvalue weighted by Gasteiger charge is 2.28. The Hall–Kier alpha value is -1.11. The van der Waals surface area contributed by atoms with Gasteiger partial charge in [-0.25, -0.2) is 13.1 Å². The number of hydrogen-bond acceptors (Lipinski definition) is 4. The van der Waals surface area contributed by atoms with Gasteiger partial charge in [-0.3, -0.25) is 0 Å². The minimum absolute atomic E-state index is 0.0441. The molecule has 6 heteroatoms. The lowest BCUT2D eigenvalue weighted by Crippen LogP contribution is -2.39. The van der Waals surface area contributed by atoms with Gasteiger partial charge >= 0.3 is 0 Å². The Kier molecular flexibility index (Phi) is 5.78. The van der Waals surface area contributed by atoms with Crippen molar-refractivity contribution in [1.82, 2.24) is 4.72 Å². The number of sulfonamides is 1. The summed E-state index contributed by atoms with van der Waals surface area (Å²) in [6.45, 7) is 7.76. The fraction of sp³-hybridized carbons (Fsp3) is 0.600. The van der Waals surface area contributed by atoms with E-state index in [1.807, 2.05) is 27.7 Å². The van der Waals surface area contributed by atoms with E-state index in [0.29, 0.717) is 18.5 Å². The van der Waals surface area contributed by atoms with Gasteiger partial charge in [-0.2, -0.15) is 0 Å². The predicted octanol–water partition coefficient (Wildman–Crippen LogP) is 1.96. The quantitative estimate of drug-likeness (QED) is 0.671. The van der Waals surface area contributed by atoms with E-state index < -0.39 is 15.4 Å². The second-order valence-electron chi connectivity index (χ2n) is 5.64. The molecule has 0 amide bonds. The first-order valence-corrected chi connectivity index (χ1v) is 8.67. The van der Waals surface area contributed by atoms with Gasteiger partial charge in [-0.15, -0.1) is 0 Å². The lowest BCUT2D eigenvalue weighted by molar-refractivity contribution is 0.119. The zero-order valence-electron chi connectivity index (χ0n) is 13.2. The number of anilines is 1. The molecule has 21 heavy (non-hydrogen) atoms. The molecule has 0 heterocycles. The van der Waals surface area contributed by atoms with Crippen molar-refractivity contribution in [2.24, 2.45) is 5.41 Å². The zero-order valence-corrected chi connectivity index (χ0v) is 14.0. The van der Waals surface area contributed by atoms with Gasteiger partial charge in [-0.1, -0.05) is 13.8 Å². The van der Waals surface area contributed by atoms with E-state index in [4.69, 9.17) is 5.73 Å². The minimum atomic E-state index is -3.63. The van der Waals surface area contributed by atoms with Gasteiger partial charge in [-0.05, 0) is 49.9 Å². The Morgan fingerprint density at radius 3 is 2.24 bits per heavy atom. The summed E-state index contributed by atoms with van der Waals surface area (Å²) >= 11 is 0. The molecule has 0 aliphatic heterocycles. The van der Waals surface area contributed by atoms with Gasteiger partial charge < -0.3 is 10.8 Å². The molecule has 0 aliphatic carbocycles. The average molecular weight is 314 g/mol. The van der Waals surface area contributed by atoms with Gasteiger partial charge in [0.25, 0.3) is 0 Å². The summed E-state index contributed by atoms with van der Waals surface area (Å²) in [6.07, 6.45) is 1.41. The number of aliphatic hydroxyl groups is 1. The van der Waals surface area contributed by atoms with Crippen molar-refractivity contribution in [2.75, 3.05) is 18.9 Å². The molecule has 0 radical (unpaired) electrons. The fourth-order valence-corrected chi connectivity index (χ4v) is 3.40. The maximum Gasteiger partial charge on any atom is 0.240 e. The van der Waals surface area contributed by atoms with Crippen molar-refractivity contribution < 1.29 is 13.5 Å². The van der Waals surface area contributed by atoms with Crippen molar-refractivity contribution in [2.45, 2.75) is 45.4 Å². The first-order chi connectivity index (χ1) is 9.71. The van der Waals surface area contributed by atoms with Crippen LogP contribution in [0.5, 0.6) is 0 Å². The maximum atomic E-state index is 12.4. The lowest BCUT2D eigenvalue weighted by Gasteiger charge is -2.29. The molecule has 1 aromatic carbocycles. The van der Waals surface area contributed by atoms with Crippen LogP contribution in [0.1, 0.15) is 37.8 Å². The molecule has 0 aromatic heterocycles. The highest BCUT2D eigenvalue weighted by atomic mass is 32.2. The summed E-state index contributed by atoms with van der Waals surface area (Å²) in [5, 5.41) is 9.51. The van der Waals surface area contributed by atoms with Crippen molar-refractivity contribution in [3.63, 3.8) is 0 Å². The molecule has 0 saturated heterocycles. The van der Waals surface area contributed by atoms with Crippen LogP contribution in [0.15, 0.2) is 17.0 Å². The number of hydrogen-bond donors (Lipinski definition) is 3. The molecular weight excluding hydrogens is 288 g/mol. The van der Waals surface area contributed by atoms with E-state index >= 15 is 0 Å². The van der Waals surface area contributed by atoms with Crippen molar-refractivity contribution in [3.05, 3.63) is 23.3 Å². The Morgan fingerprint density at radius 1 is 1.24 bits per heavy atom. The Bertz CT molecular complexity index is 562. The third kappa shape index (κ3) is 3.96. The highest BCUT2D eigenvalue weighted by molar-refractivity contribution is 7.89. The van der Waals surface area contributed by atoms with E-state index in [-0.39, 0.29) is 18.0 Å². The first-order valence-electron chi connectivity index (χ1n) is 7.18. The Balaban J connectivity index is 3.03. The molecule has 0 bridgehead atoms. The summed E-state index contributed by atoms with van der Waals surface area (Å²) < 4.78 is 27.4. The number of rotatable bonds is 7. The summed E-state index contributed by atoms with van der Waals surface area (Å²) in [5.74, 6) is 0. The second-order valence-corrected chi connectivity index (χ2v) is 7.41. The van der Waals surface area contributed by atoms with Crippen LogP contribution in [0.4, 0.5) is 5.69 Å². The van der Waals surface area contributed by atoms with Crippen LogP contribution in [-0.2, 0) is 10.0 Å². The summed E-state index contributed by atoms with van der Waals surface area (Å²) in [4.78, 5) is 0.169. The number of benzene rings is 1. The molecule has 0 saturated carbocycles. The van der Waals surface area contributed by atoms with Crippen LogP contribution >= 0.6 is 0 Å². The monoisotopic (exact) mass is 314 g/mol. The zero-order chi connectivity index (χ0) is 16.3. The molecule has 5 nitrogen and oxygen atoms in total. The molecule has 0 aliphatic rings. The summed E-state index contributed by atoms with van der Waals surface area (Å²) in [7, 11) is -3.63. The topological polar surface area (TPSA) is 92.4 Å². The van der Waals surface area contributed by atoms with Crippen molar-refractivity contribution in [1.29, 1.82) is 0 Å². The van der Waals surface area contributed by atoms with Gasteiger partial charge in [0, 0.05) is 24.3 Å². The van der Waals surface area contributed by atoms with Crippen LogP contribution in [0.25, 0.3) is 0 Å². The van der Waals surface area contributed by atoms with Gasteiger partial charge in [0.05, 0.1) is 4.90 Å². The largest absolute Gasteiger partial charge is 0.398 e. The molecule has 1 aromatic rings. The first kappa shape index (κ1) is 17.9. The summed E-state index contributed by atoms with van der Waals surface area (Å²) in [6, 6.07) is 3.09. The summed E-state index contributed by atoms with van der Waals surface area (Å²) in [5.41, 5.74) is 7.63. The van der Waals surface area contributed by atoms with Crippen LogP contribution in [0.2, 0.25) is 0 Å². The maximum absolute atomic E-state index is 12.4. The van der Waals surface area contributed by atoms with Crippen LogP contribution in [0.3, 0.4) is 0 Å². The van der Waals surface area contributed by atoms with E-state index in [0.717, 1.165) is 11.1 Å². The van der Waals surface area contributed by atoms with Crippen molar-refractivity contribution >= 4 is 15.7 Å². The number of aryl methyl sites for hydroxylation is 1. The van der Waals surface area contributed by atoms with E-state index in [2.05, 4.69) is 4.72 Å². The van der Waals surface area contributed by atoms with Gasteiger partial charge in [0.2, 0.25) is 10.0 Å². The average Bonchev–Trinajstić information content (AvgIpc) is 2.46. The third-order valence-corrected chi connectivity index (χ3v) is 5.84. The molecule has 120 valence electrons. The highest BCUT2D eigenvalue weighted by Crippen LogP contribution is 2.26. The third-order valence-electron chi connectivity index (χ3n) is 4.46. The smallest absolute Gasteiger partial charge is 0.240 e. The Labute approximate surface area is 127 Å². The standard InChI is InChI=1S/C15H26N2O3S/c1-5-15(6-2,10-18)9-17-21(19,20)13-7-11(3)12(4)14(16)8-13/h7-8,17-18H,5-6,9-10,16H2,1-4H3. The van der Waals surface area contributed by atoms with Crippen LogP contribution < -0.4 is 10.5 Å². The molecule has 0 atom stereocenters. The molecule has 1 rings (SSSR count). The molecule has 0 fully saturated rings. The Morgan fingerprint density at radius 2 is 1.81 bits per heavy atom. The van der Waals surface area contributed by atoms with E-state index in [1.54, 1.807) is 6.07 Å². The lowest BCUT2D eigenvalue weighted by atomic mass is 9.84. The van der Waals surface area contributed by atoms with Crippen LogP contribution in [-0.4, -0.2) is 26.7 Å². The second kappa shape index (κ2) is 6.77. The van der Waals surface area contributed by atoms with E-state index in [1.165, 1.54) is 6.07 Å². The van der Waals surface area contributed by atoms with Gasteiger partial charge in [0.15, 0.2) is 0 Å². The predicted molar refractivity (Wildman–Crippen MR) is 85.6 cm³/mol. The SMILES string of the molecule is CCC(CC)(CO)CNS(=O)(=O)c1cc(C)c(C)c(N)c1. The molecule has 0 unspecified atom stereocenters. The normalized spacial score (nSPS) is 12.6. The number of nitrogen functional groups attached to an aromatic ring is 1. The molecule has 0 spiro atoms. The number of nitrogens with one attached hydrogen (secondary N) is 1. The van der Waals surface area contributed by atoms with Gasteiger partial charge in [0.1, 0.15) is 0 Å². The van der Waals surface area contributed by atoms with Crippen molar-refractivity contribution in [3.8, 4) is 0 Å². The van der Waals surface area contributed by atoms with E-state index in [9.17, 15) is 13.5 Å². The fourth-order valence-electron chi connectivity index (χ4n) is 2.12. The number of nitrogens with two attached hydrogens (primary N) is 1. The molecule has 4 N–H and O–H groups in total. The number of aliphatic hydroxyl groups excluding tert-OH is 1. The minimum Gasteiger partial charge on any atom is -0.398 e. The molecular formula is C15H26N2O3S.